The zero-order valence-electron chi connectivity index (χ0n) is 9.58. The van der Waals surface area contributed by atoms with E-state index in [2.05, 4.69) is 32.3 Å². The van der Waals surface area contributed by atoms with Gasteiger partial charge in [-0.3, -0.25) is 4.98 Å². The number of nitrogens with zero attached hydrogens (tertiary/aromatic N) is 1. The van der Waals surface area contributed by atoms with Crippen molar-refractivity contribution in [1.29, 1.82) is 0 Å². The van der Waals surface area contributed by atoms with Crippen LogP contribution in [-0.2, 0) is 6.54 Å². The zero-order valence-corrected chi connectivity index (χ0v) is 11.2. The molecule has 16 heavy (non-hydrogen) atoms. The third kappa shape index (κ3) is 3.87. The highest BCUT2D eigenvalue weighted by atomic mass is 79.9. The molecule has 1 saturated carbocycles. The highest BCUT2D eigenvalue weighted by molar-refractivity contribution is 9.10. The lowest BCUT2D eigenvalue weighted by Crippen LogP contribution is -2.17. The van der Waals surface area contributed by atoms with E-state index in [0.29, 0.717) is 0 Å². The van der Waals surface area contributed by atoms with Gasteiger partial charge >= 0.3 is 0 Å². The number of hydrogen-bond acceptors (Lipinski definition) is 2. The lowest BCUT2D eigenvalue weighted by Gasteiger charge is -2.09. The summed E-state index contributed by atoms with van der Waals surface area (Å²) in [6.45, 7) is 2.07. The van der Waals surface area contributed by atoms with E-state index in [9.17, 15) is 0 Å². The molecule has 3 heteroatoms. The van der Waals surface area contributed by atoms with Crippen molar-refractivity contribution in [2.45, 2.75) is 38.6 Å². The number of nitrogens with one attached hydrogen (secondary N) is 1. The monoisotopic (exact) mass is 282 g/mol. The summed E-state index contributed by atoms with van der Waals surface area (Å²) in [5.74, 6) is 0.980. The van der Waals surface area contributed by atoms with Crippen LogP contribution in [0.15, 0.2) is 22.9 Å². The quantitative estimate of drug-likeness (QED) is 0.836. The van der Waals surface area contributed by atoms with Crippen molar-refractivity contribution < 1.29 is 0 Å². The maximum absolute atomic E-state index is 4.15. The molecule has 1 N–H and O–H groups in total. The summed E-state index contributed by atoms with van der Waals surface area (Å²) >= 11 is 3.43. The van der Waals surface area contributed by atoms with Crippen LogP contribution in [0.4, 0.5) is 0 Å². The maximum Gasteiger partial charge on any atom is 0.0410 e. The molecule has 1 aliphatic rings. The average molecular weight is 283 g/mol. The number of aromatic nitrogens is 1. The summed E-state index contributed by atoms with van der Waals surface area (Å²) in [4.78, 5) is 4.15. The fourth-order valence-electron chi connectivity index (χ4n) is 2.39. The third-order valence-corrected chi connectivity index (χ3v) is 3.73. The molecule has 0 saturated heterocycles. The van der Waals surface area contributed by atoms with Gasteiger partial charge < -0.3 is 5.32 Å². The van der Waals surface area contributed by atoms with Crippen LogP contribution < -0.4 is 5.32 Å². The molecule has 1 aliphatic carbocycles. The summed E-state index contributed by atoms with van der Waals surface area (Å²) < 4.78 is 1.06. The molecule has 2 rings (SSSR count). The molecule has 0 bridgehead atoms. The molecule has 0 atom stereocenters. The van der Waals surface area contributed by atoms with Crippen LogP contribution in [0.5, 0.6) is 0 Å². The summed E-state index contributed by atoms with van der Waals surface area (Å²) in [7, 11) is 0. The molecule has 0 unspecified atom stereocenters. The van der Waals surface area contributed by atoms with Crippen LogP contribution in [0.3, 0.4) is 0 Å². The standard InChI is InChI=1S/C13H19BrN2/c14-13-7-12(9-16-10-13)8-15-6-5-11-3-1-2-4-11/h7,9-11,15H,1-6,8H2. The van der Waals surface area contributed by atoms with Gasteiger partial charge in [0.15, 0.2) is 0 Å². The van der Waals surface area contributed by atoms with Gasteiger partial charge in [0.05, 0.1) is 0 Å². The van der Waals surface area contributed by atoms with Crippen LogP contribution in [0.25, 0.3) is 0 Å². The van der Waals surface area contributed by atoms with E-state index >= 15 is 0 Å². The zero-order chi connectivity index (χ0) is 11.2. The van der Waals surface area contributed by atoms with Crippen molar-refractivity contribution in [1.82, 2.24) is 10.3 Å². The van der Waals surface area contributed by atoms with E-state index < -0.39 is 0 Å². The predicted octanol–water partition coefficient (Wildman–Crippen LogP) is 3.51. The molecular weight excluding hydrogens is 264 g/mol. The summed E-state index contributed by atoms with van der Waals surface area (Å²) in [5, 5.41) is 3.49. The van der Waals surface area contributed by atoms with Gasteiger partial charge in [0, 0.05) is 23.4 Å². The minimum atomic E-state index is 0.930. The van der Waals surface area contributed by atoms with Gasteiger partial charge in [-0.25, -0.2) is 0 Å². The van der Waals surface area contributed by atoms with Crippen molar-refractivity contribution in [2.75, 3.05) is 6.54 Å². The van der Waals surface area contributed by atoms with Gasteiger partial charge in [-0.2, -0.15) is 0 Å². The van der Waals surface area contributed by atoms with Gasteiger partial charge in [0.1, 0.15) is 0 Å². The van der Waals surface area contributed by atoms with E-state index in [1.54, 1.807) is 0 Å². The number of halogens is 1. The second-order valence-electron chi connectivity index (χ2n) is 4.63. The van der Waals surface area contributed by atoms with Gasteiger partial charge in [-0.1, -0.05) is 25.7 Å². The molecule has 1 fully saturated rings. The summed E-state index contributed by atoms with van der Waals surface area (Å²) in [5.41, 5.74) is 1.25. The van der Waals surface area contributed by atoms with E-state index in [1.807, 2.05) is 12.4 Å². The van der Waals surface area contributed by atoms with Crippen molar-refractivity contribution in [3.05, 3.63) is 28.5 Å². The predicted molar refractivity (Wildman–Crippen MR) is 70.2 cm³/mol. The number of pyridine rings is 1. The largest absolute Gasteiger partial charge is 0.313 e. The SMILES string of the molecule is Brc1cncc(CNCCC2CCCC2)c1. The lowest BCUT2D eigenvalue weighted by molar-refractivity contribution is 0.477. The van der Waals surface area contributed by atoms with Crippen LogP contribution in [0, 0.1) is 5.92 Å². The smallest absolute Gasteiger partial charge is 0.0410 e. The third-order valence-electron chi connectivity index (χ3n) is 3.29. The Morgan fingerprint density at radius 2 is 2.12 bits per heavy atom. The Kier molecular flexibility index (Phi) is 4.79. The first-order chi connectivity index (χ1) is 7.84. The molecule has 0 aliphatic heterocycles. The first-order valence-corrected chi connectivity index (χ1v) is 6.94. The van der Waals surface area contributed by atoms with E-state index in [1.165, 1.54) is 37.7 Å². The Morgan fingerprint density at radius 3 is 2.88 bits per heavy atom. The average Bonchev–Trinajstić information content (AvgIpc) is 2.77. The Labute approximate surface area is 106 Å². The first-order valence-electron chi connectivity index (χ1n) is 6.15. The highest BCUT2D eigenvalue weighted by Crippen LogP contribution is 2.26. The van der Waals surface area contributed by atoms with Crippen LogP contribution in [-0.4, -0.2) is 11.5 Å². The topological polar surface area (TPSA) is 24.9 Å². The first kappa shape index (κ1) is 12.1. The van der Waals surface area contributed by atoms with Gasteiger partial charge in [-0.05, 0) is 46.4 Å². The number of rotatable bonds is 5. The van der Waals surface area contributed by atoms with Crippen LogP contribution >= 0.6 is 15.9 Å². The summed E-state index contributed by atoms with van der Waals surface area (Å²) in [6, 6.07) is 2.12. The van der Waals surface area contributed by atoms with Gasteiger partial charge in [-0.15, -0.1) is 0 Å². The Morgan fingerprint density at radius 1 is 1.31 bits per heavy atom. The fraction of sp³-hybridized carbons (Fsp3) is 0.615. The molecule has 2 nitrogen and oxygen atoms in total. The minimum absolute atomic E-state index is 0.930. The minimum Gasteiger partial charge on any atom is -0.313 e. The number of hydrogen-bond donors (Lipinski definition) is 1. The van der Waals surface area contributed by atoms with E-state index in [0.717, 1.165) is 23.5 Å². The normalized spacial score (nSPS) is 16.8. The Bertz CT molecular complexity index is 321. The Hall–Kier alpha value is -0.410. The fourth-order valence-corrected chi connectivity index (χ4v) is 2.80. The molecule has 0 amide bonds. The van der Waals surface area contributed by atoms with Crippen LogP contribution in [0.1, 0.15) is 37.7 Å². The second-order valence-corrected chi connectivity index (χ2v) is 5.54. The van der Waals surface area contributed by atoms with Crippen LogP contribution in [0.2, 0.25) is 0 Å². The highest BCUT2D eigenvalue weighted by Gasteiger charge is 2.13. The molecule has 0 aromatic carbocycles. The maximum atomic E-state index is 4.15. The lowest BCUT2D eigenvalue weighted by atomic mass is 10.0. The molecule has 1 aromatic rings. The molecular formula is C13H19BrN2. The van der Waals surface area contributed by atoms with Crippen molar-refractivity contribution >= 4 is 15.9 Å². The Balaban J connectivity index is 1.64. The molecule has 0 spiro atoms. The van der Waals surface area contributed by atoms with Gasteiger partial charge in [0.2, 0.25) is 0 Å². The summed E-state index contributed by atoms with van der Waals surface area (Å²) in [6.07, 6.45) is 10.9. The molecule has 0 radical (unpaired) electrons. The van der Waals surface area contributed by atoms with E-state index in [4.69, 9.17) is 0 Å². The molecule has 1 heterocycles. The second kappa shape index (κ2) is 6.36. The van der Waals surface area contributed by atoms with Crippen molar-refractivity contribution in [3.63, 3.8) is 0 Å². The van der Waals surface area contributed by atoms with Gasteiger partial charge in [0.25, 0.3) is 0 Å². The van der Waals surface area contributed by atoms with Crippen molar-refractivity contribution in [2.24, 2.45) is 5.92 Å². The molecule has 88 valence electrons. The van der Waals surface area contributed by atoms with Crippen molar-refractivity contribution in [3.8, 4) is 0 Å². The van der Waals surface area contributed by atoms with E-state index in [-0.39, 0.29) is 0 Å². The molecule has 1 aromatic heterocycles.